The summed E-state index contributed by atoms with van der Waals surface area (Å²) in [5.74, 6) is 1.29. The lowest BCUT2D eigenvalue weighted by Gasteiger charge is -2.37. The van der Waals surface area contributed by atoms with Crippen LogP contribution in [-0.4, -0.2) is 47.4 Å². The van der Waals surface area contributed by atoms with Crippen LogP contribution in [0, 0.1) is 0 Å². The zero-order valence-electron chi connectivity index (χ0n) is 18.0. The Balaban J connectivity index is 1.48. The van der Waals surface area contributed by atoms with Gasteiger partial charge in [0.15, 0.2) is 0 Å². The second kappa shape index (κ2) is 8.80. The molecular formula is C24H30N2O3S. The van der Waals surface area contributed by atoms with Gasteiger partial charge >= 0.3 is 0 Å². The molecule has 30 heavy (non-hydrogen) atoms. The molecule has 0 unspecified atom stereocenters. The third kappa shape index (κ3) is 4.53. The summed E-state index contributed by atoms with van der Waals surface area (Å²) in [6, 6.07) is 10.4. The van der Waals surface area contributed by atoms with Crippen molar-refractivity contribution in [2.24, 2.45) is 0 Å². The average molecular weight is 427 g/mol. The number of carbonyl (C=O) groups is 2. The maximum absolute atomic E-state index is 13.2. The second-order valence-electron chi connectivity index (χ2n) is 8.56. The summed E-state index contributed by atoms with van der Waals surface area (Å²) in [5.41, 5.74) is 2.46. The fourth-order valence-corrected chi connectivity index (χ4v) is 5.05. The van der Waals surface area contributed by atoms with Gasteiger partial charge in [0.1, 0.15) is 18.9 Å². The van der Waals surface area contributed by atoms with Gasteiger partial charge < -0.3 is 14.5 Å². The molecule has 0 saturated heterocycles. The number of hydrogen-bond acceptors (Lipinski definition) is 4. The number of amides is 2. The van der Waals surface area contributed by atoms with E-state index >= 15 is 0 Å². The molecule has 5 nitrogen and oxygen atoms in total. The van der Waals surface area contributed by atoms with Gasteiger partial charge in [-0.25, -0.2) is 0 Å². The van der Waals surface area contributed by atoms with E-state index in [4.69, 9.17) is 4.74 Å². The average Bonchev–Trinajstić information content (AvgIpc) is 3.45. The van der Waals surface area contributed by atoms with Crippen LogP contribution in [0.3, 0.4) is 0 Å². The Hall–Kier alpha value is -2.34. The van der Waals surface area contributed by atoms with Gasteiger partial charge in [-0.15, -0.1) is 11.3 Å². The van der Waals surface area contributed by atoms with Crippen LogP contribution in [0.4, 0.5) is 0 Å². The van der Waals surface area contributed by atoms with Crippen molar-refractivity contribution in [1.82, 2.24) is 9.80 Å². The normalized spacial score (nSPS) is 18.3. The molecule has 2 amide bonds. The SMILES string of the molecule is CC(=O)N(CC(=O)N1CCc2sccc2[C@@H]1COc1ccc(C(C)C)cc1)C1CC1. The summed E-state index contributed by atoms with van der Waals surface area (Å²) in [6.45, 7) is 7.15. The van der Waals surface area contributed by atoms with E-state index in [9.17, 15) is 9.59 Å². The molecule has 0 spiro atoms. The van der Waals surface area contributed by atoms with Crippen molar-refractivity contribution in [3.63, 3.8) is 0 Å². The van der Waals surface area contributed by atoms with E-state index in [0.29, 0.717) is 19.1 Å². The molecule has 1 aliphatic heterocycles. The van der Waals surface area contributed by atoms with Crippen LogP contribution < -0.4 is 4.74 Å². The van der Waals surface area contributed by atoms with E-state index < -0.39 is 0 Å². The van der Waals surface area contributed by atoms with Gasteiger partial charge in [0, 0.05) is 24.4 Å². The van der Waals surface area contributed by atoms with Crippen molar-refractivity contribution >= 4 is 23.2 Å². The van der Waals surface area contributed by atoms with Crippen LogP contribution in [-0.2, 0) is 16.0 Å². The van der Waals surface area contributed by atoms with Crippen molar-refractivity contribution in [3.8, 4) is 5.75 Å². The Morgan fingerprint density at radius 1 is 1.20 bits per heavy atom. The molecule has 0 radical (unpaired) electrons. The molecule has 2 aromatic rings. The standard InChI is InChI=1S/C24H30N2O3S/c1-16(2)18-4-8-20(9-5-18)29-15-22-21-11-13-30-23(21)10-12-25(22)24(28)14-26(17(3)27)19-6-7-19/h4-5,8-9,11,13,16,19,22H,6-7,10,12,14-15H2,1-3H3/t22-/m0/s1. The number of nitrogens with zero attached hydrogens (tertiary/aromatic N) is 2. The molecule has 0 bridgehead atoms. The number of hydrogen-bond donors (Lipinski definition) is 0. The molecule has 1 aromatic carbocycles. The van der Waals surface area contributed by atoms with Gasteiger partial charge in [-0.1, -0.05) is 26.0 Å². The molecule has 1 aromatic heterocycles. The predicted molar refractivity (Wildman–Crippen MR) is 119 cm³/mol. The van der Waals surface area contributed by atoms with Crippen molar-refractivity contribution in [3.05, 3.63) is 51.7 Å². The molecule has 1 aliphatic carbocycles. The topological polar surface area (TPSA) is 49.9 Å². The van der Waals surface area contributed by atoms with Crippen LogP contribution in [0.5, 0.6) is 5.75 Å². The smallest absolute Gasteiger partial charge is 0.242 e. The molecule has 1 saturated carbocycles. The third-order valence-electron chi connectivity index (χ3n) is 6.07. The summed E-state index contributed by atoms with van der Waals surface area (Å²) in [4.78, 5) is 30.2. The zero-order chi connectivity index (χ0) is 21.3. The molecule has 1 atom stereocenters. The first-order valence-electron chi connectivity index (χ1n) is 10.8. The summed E-state index contributed by atoms with van der Waals surface area (Å²) < 4.78 is 6.13. The first kappa shape index (κ1) is 20.9. The van der Waals surface area contributed by atoms with Crippen LogP contribution >= 0.6 is 11.3 Å². The number of rotatable bonds is 7. The van der Waals surface area contributed by atoms with Gasteiger partial charge in [0.05, 0.1) is 6.04 Å². The number of carbonyl (C=O) groups excluding carboxylic acids is 2. The van der Waals surface area contributed by atoms with Crippen LogP contribution in [0.2, 0.25) is 0 Å². The second-order valence-corrected chi connectivity index (χ2v) is 9.57. The number of benzene rings is 1. The monoisotopic (exact) mass is 426 g/mol. The van der Waals surface area contributed by atoms with E-state index in [2.05, 4.69) is 37.4 Å². The summed E-state index contributed by atoms with van der Waals surface area (Å²) in [7, 11) is 0. The van der Waals surface area contributed by atoms with E-state index in [0.717, 1.165) is 25.0 Å². The van der Waals surface area contributed by atoms with E-state index in [1.165, 1.54) is 16.0 Å². The van der Waals surface area contributed by atoms with Crippen molar-refractivity contribution in [2.45, 2.75) is 58.0 Å². The van der Waals surface area contributed by atoms with Crippen molar-refractivity contribution in [2.75, 3.05) is 19.7 Å². The van der Waals surface area contributed by atoms with Crippen LogP contribution in [0.15, 0.2) is 35.7 Å². The van der Waals surface area contributed by atoms with E-state index in [1.807, 2.05) is 17.0 Å². The third-order valence-corrected chi connectivity index (χ3v) is 7.06. The Bertz CT molecular complexity index is 901. The summed E-state index contributed by atoms with van der Waals surface area (Å²) in [6.07, 6.45) is 2.86. The molecule has 6 heteroatoms. The highest BCUT2D eigenvalue weighted by atomic mass is 32.1. The molecule has 160 valence electrons. The highest BCUT2D eigenvalue weighted by Crippen LogP contribution is 2.35. The molecule has 1 fully saturated rings. The first-order chi connectivity index (χ1) is 14.4. The van der Waals surface area contributed by atoms with Crippen molar-refractivity contribution < 1.29 is 14.3 Å². The minimum absolute atomic E-state index is 0.0118. The molecular weight excluding hydrogens is 396 g/mol. The molecule has 0 N–H and O–H groups in total. The highest BCUT2D eigenvalue weighted by Gasteiger charge is 2.36. The minimum Gasteiger partial charge on any atom is -0.491 e. The highest BCUT2D eigenvalue weighted by molar-refractivity contribution is 7.10. The van der Waals surface area contributed by atoms with Gasteiger partial charge in [-0.2, -0.15) is 0 Å². The van der Waals surface area contributed by atoms with E-state index in [-0.39, 0.29) is 30.4 Å². The molecule has 2 aliphatic rings. The van der Waals surface area contributed by atoms with Crippen LogP contribution in [0.25, 0.3) is 0 Å². The number of thiophene rings is 1. The Morgan fingerprint density at radius 2 is 1.93 bits per heavy atom. The Kier molecular flexibility index (Phi) is 6.14. The van der Waals surface area contributed by atoms with Gasteiger partial charge in [0.25, 0.3) is 0 Å². The fourth-order valence-electron chi connectivity index (χ4n) is 4.12. The van der Waals surface area contributed by atoms with Gasteiger partial charge in [-0.3, -0.25) is 9.59 Å². The summed E-state index contributed by atoms with van der Waals surface area (Å²) >= 11 is 1.75. The largest absolute Gasteiger partial charge is 0.491 e. The lowest BCUT2D eigenvalue weighted by molar-refractivity contribution is -0.142. The number of fused-ring (bicyclic) bond motifs is 1. The Morgan fingerprint density at radius 3 is 2.57 bits per heavy atom. The maximum Gasteiger partial charge on any atom is 0.242 e. The summed E-state index contributed by atoms with van der Waals surface area (Å²) in [5, 5.41) is 2.09. The van der Waals surface area contributed by atoms with Gasteiger partial charge in [-0.05, 0) is 59.9 Å². The predicted octanol–water partition coefficient (Wildman–Crippen LogP) is 4.39. The lowest BCUT2D eigenvalue weighted by atomic mass is 10.00. The van der Waals surface area contributed by atoms with Crippen molar-refractivity contribution in [1.29, 1.82) is 0 Å². The molecule has 2 heterocycles. The maximum atomic E-state index is 13.2. The fraction of sp³-hybridized carbons (Fsp3) is 0.500. The van der Waals surface area contributed by atoms with Crippen LogP contribution in [0.1, 0.15) is 61.6 Å². The quantitative estimate of drug-likeness (QED) is 0.660. The Labute approximate surface area is 182 Å². The van der Waals surface area contributed by atoms with Gasteiger partial charge in [0.2, 0.25) is 11.8 Å². The van der Waals surface area contributed by atoms with E-state index in [1.54, 1.807) is 23.2 Å². The molecule has 4 rings (SSSR count). The zero-order valence-corrected chi connectivity index (χ0v) is 18.8. The minimum atomic E-state index is -0.120. The first-order valence-corrected chi connectivity index (χ1v) is 11.7. The lowest BCUT2D eigenvalue weighted by Crippen LogP contribution is -2.48. The number of ether oxygens (including phenoxy) is 1.